The molecule has 0 aliphatic carbocycles. The van der Waals surface area contributed by atoms with Crippen LogP contribution in [0.1, 0.15) is 34.5 Å². The Morgan fingerprint density at radius 3 is 2.61 bits per heavy atom. The third-order valence-electron chi connectivity index (χ3n) is 4.57. The van der Waals surface area contributed by atoms with Crippen LogP contribution in [0.5, 0.6) is 0 Å². The zero-order valence-electron chi connectivity index (χ0n) is 15.5. The van der Waals surface area contributed by atoms with E-state index in [0.717, 1.165) is 22.4 Å². The number of hydrogen-bond acceptors (Lipinski definition) is 5. The number of tetrazole rings is 1. The fraction of sp³-hybridized carbons (Fsp3) is 0.143. The number of carbonyl (C=O) groups is 1. The molecule has 0 aliphatic heterocycles. The van der Waals surface area contributed by atoms with Crippen molar-refractivity contribution in [1.29, 1.82) is 0 Å². The normalized spacial score (nSPS) is 11.9. The van der Waals surface area contributed by atoms with Gasteiger partial charge < -0.3 is 5.32 Å². The Labute approximate surface area is 166 Å². The molecule has 0 aliphatic rings. The van der Waals surface area contributed by atoms with Gasteiger partial charge in [-0.3, -0.25) is 4.79 Å². The Morgan fingerprint density at radius 1 is 1.11 bits per heavy atom. The second-order valence-electron chi connectivity index (χ2n) is 6.64. The van der Waals surface area contributed by atoms with Crippen LogP contribution in [0, 0.1) is 6.92 Å². The molecule has 2 aromatic carbocycles. The Morgan fingerprint density at radius 2 is 1.93 bits per heavy atom. The van der Waals surface area contributed by atoms with Crippen LogP contribution in [0.25, 0.3) is 16.8 Å². The topological polar surface area (TPSA) is 72.7 Å². The highest BCUT2D eigenvalue weighted by molar-refractivity contribution is 7.07. The number of benzene rings is 2. The third-order valence-corrected chi connectivity index (χ3v) is 5.27. The Hall–Kier alpha value is -3.32. The molecular formula is C21H19N5OS. The van der Waals surface area contributed by atoms with Crippen LogP contribution in [-0.4, -0.2) is 26.1 Å². The number of hydrogen-bond donors (Lipinski definition) is 1. The monoisotopic (exact) mass is 389 g/mol. The van der Waals surface area contributed by atoms with Crippen molar-refractivity contribution in [3.63, 3.8) is 0 Å². The Bertz CT molecular complexity index is 1070. The first kappa shape index (κ1) is 18.1. The van der Waals surface area contributed by atoms with Crippen molar-refractivity contribution in [3.05, 3.63) is 82.3 Å². The zero-order valence-corrected chi connectivity index (χ0v) is 16.4. The number of carbonyl (C=O) groups excluding carboxylic acids is 1. The van der Waals surface area contributed by atoms with Crippen LogP contribution in [0.4, 0.5) is 0 Å². The summed E-state index contributed by atoms with van der Waals surface area (Å²) in [6.07, 6.45) is 1.52. The SMILES string of the molecule is Cc1ccc(-c2cc(C(=O)NC(C)c3ccsc3)cc(-n3cnnn3)c2)cc1. The number of amides is 1. The third kappa shape index (κ3) is 3.84. The first-order chi connectivity index (χ1) is 13.6. The molecule has 2 aromatic heterocycles. The highest BCUT2D eigenvalue weighted by atomic mass is 32.1. The van der Waals surface area contributed by atoms with Crippen molar-refractivity contribution in [1.82, 2.24) is 25.5 Å². The van der Waals surface area contributed by atoms with Gasteiger partial charge in [0.15, 0.2) is 0 Å². The molecule has 6 nitrogen and oxygen atoms in total. The molecule has 0 radical (unpaired) electrons. The predicted octanol–water partition coefficient (Wildman–Crippen LogP) is 4.19. The molecule has 0 bridgehead atoms. The summed E-state index contributed by atoms with van der Waals surface area (Å²) in [6.45, 7) is 4.03. The van der Waals surface area contributed by atoms with Crippen molar-refractivity contribution >= 4 is 17.2 Å². The quantitative estimate of drug-likeness (QED) is 0.555. The van der Waals surface area contributed by atoms with Crippen molar-refractivity contribution in [2.75, 3.05) is 0 Å². The molecule has 28 heavy (non-hydrogen) atoms. The summed E-state index contributed by atoms with van der Waals surface area (Å²) in [5.74, 6) is -0.137. The first-order valence-electron chi connectivity index (χ1n) is 8.88. The van der Waals surface area contributed by atoms with E-state index in [1.165, 1.54) is 11.9 Å². The minimum atomic E-state index is -0.137. The maximum absolute atomic E-state index is 12.9. The van der Waals surface area contributed by atoms with Gasteiger partial charge in [-0.2, -0.15) is 11.3 Å². The van der Waals surface area contributed by atoms with E-state index in [1.807, 2.05) is 54.9 Å². The maximum atomic E-state index is 12.9. The molecule has 140 valence electrons. The van der Waals surface area contributed by atoms with Crippen LogP contribution >= 0.6 is 11.3 Å². The fourth-order valence-corrected chi connectivity index (χ4v) is 3.71. The van der Waals surface area contributed by atoms with Gasteiger partial charge in [-0.15, -0.1) is 5.10 Å². The molecule has 7 heteroatoms. The summed E-state index contributed by atoms with van der Waals surface area (Å²) in [5, 5.41) is 18.5. The van der Waals surface area contributed by atoms with E-state index in [2.05, 4.69) is 33.0 Å². The predicted molar refractivity (Wildman–Crippen MR) is 110 cm³/mol. The van der Waals surface area contributed by atoms with Crippen LogP contribution in [0.2, 0.25) is 0 Å². The van der Waals surface area contributed by atoms with E-state index in [4.69, 9.17) is 0 Å². The minimum absolute atomic E-state index is 0.0710. The highest BCUT2D eigenvalue weighted by Gasteiger charge is 2.15. The molecule has 1 atom stereocenters. The molecule has 1 N–H and O–H groups in total. The largest absolute Gasteiger partial charge is 0.345 e. The van der Waals surface area contributed by atoms with Gasteiger partial charge in [-0.25, -0.2) is 4.68 Å². The van der Waals surface area contributed by atoms with E-state index >= 15 is 0 Å². The van der Waals surface area contributed by atoms with Crippen LogP contribution in [-0.2, 0) is 0 Å². The number of nitrogens with zero attached hydrogens (tertiary/aromatic N) is 4. The molecule has 0 fully saturated rings. The van der Waals surface area contributed by atoms with Crippen molar-refractivity contribution in [2.45, 2.75) is 19.9 Å². The average Bonchev–Trinajstić information content (AvgIpc) is 3.42. The van der Waals surface area contributed by atoms with Gasteiger partial charge in [-0.05, 0) is 76.0 Å². The van der Waals surface area contributed by atoms with Gasteiger partial charge in [0.2, 0.25) is 0 Å². The molecule has 1 unspecified atom stereocenters. The average molecular weight is 389 g/mol. The summed E-state index contributed by atoms with van der Waals surface area (Å²) in [6, 6.07) is 15.8. The maximum Gasteiger partial charge on any atom is 0.251 e. The van der Waals surface area contributed by atoms with Crippen molar-refractivity contribution in [3.8, 4) is 16.8 Å². The van der Waals surface area contributed by atoms with Gasteiger partial charge in [0.05, 0.1) is 11.7 Å². The van der Waals surface area contributed by atoms with Gasteiger partial charge >= 0.3 is 0 Å². The molecule has 1 amide bonds. The molecule has 4 rings (SSSR count). The van der Waals surface area contributed by atoms with E-state index in [9.17, 15) is 4.79 Å². The van der Waals surface area contributed by atoms with E-state index in [0.29, 0.717) is 5.56 Å². The molecular weight excluding hydrogens is 370 g/mol. The van der Waals surface area contributed by atoms with Gasteiger partial charge in [0, 0.05) is 5.56 Å². The van der Waals surface area contributed by atoms with Crippen molar-refractivity contribution in [2.24, 2.45) is 0 Å². The van der Waals surface area contributed by atoms with Crippen LogP contribution in [0.15, 0.2) is 65.6 Å². The van der Waals surface area contributed by atoms with Gasteiger partial charge in [0.25, 0.3) is 5.91 Å². The molecule has 0 saturated carbocycles. The molecule has 0 spiro atoms. The minimum Gasteiger partial charge on any atom is -0.345 e. The standard InChI is InChI=1S/C21H19N5OS/c1-14-3-5-16(6-4-14)18-9-19(11-20(10-18)26-13-22-24-25-26)21(27)23-15(2)17-7-8-28-12-17/h3-13,15H,1-2H3,(H,23,27). The van der Waals surface area contributed by atoms with Crippen LogP contribution < -0.4 is 5.32 Å². The lowest BCUT2D eigenvalue weighted by Crippen LogP contribution is -2.26. The summed E-state index contributed by atoms with van der Waals surface area (Å²) in [5.41, 5.74) is 5.53. The number of thiophene rings is 1. The number of nitrogens with one attached hydrogen (secondary N) is 1. The highest BCUT2D eigenvalue weighted by Crippen LogP contribution is 2.25. The lowest BCUT2D eigenvalue weighted by molar-refractivity contribution is 0.0940. The Kier molecular flexibility index (Phi) is 4.99. The summed E-state index contributed by atoms with van der Waals surface area (Å²) < 4.78 is 1.55. The lowest BCUT2D eigenvalue weighted by Gasteiger charge is -2.14. The summed E-state index contributed by atoms with van der Waals surface area (Å²) in [7, 11) is 0. The molecule has 4 aromatic rings. The van der Waals surface area contributed by atoms with Gasteiger partial charge in [-0.1, -0.05) is 29.8 Å². The number of rotatable bonds is 5. The number of aryl methyl sites for hydroxylation is 1. The van der Waals surface area contributed by atoms with E-state index in [1.54, 1.807) is 22.1 Å². The van der Waals surface area contributed by atoms with Crippen LogP contribution in [0.3, 0.4) is 0 Å². The zero-order chi connectivity index (χ0) is 19.5. The Balaban J connectivity index is 1.71. The summed E-state index contributed by atoms with van der Waals surface area (Å²) >= 11 is 1.62. The van der Waals surface area contributed by atoms with E-state index < -0.39 is 0 Å². The van der Waals surface area contributed by atoms with Crippen molar-refractivity contribution < 1.29 is 4.79 Å². The first-order valence-corrected chi connectivity index (χ1v) is 9.83. The van der Waals surface area contributed by atoms with Gasteiger partial charge in [0.1, 0.15) is 6.33 Å². The second kappa shape index (κ2) is 7.74. The number of aromatic nitrogens is 4. The molecule has 2 heterocycles. The lowest BCUT2D eigenvalue weighted by atomic mass is 10.0. The second-order valence-corrected chi connectivity index (χ2v) is 7.42. The fourth-order valence-electron chi connectivity index (χ4n) is 2.95. The smallest absolute Gasteiger partial charge is 0.251 e. The summed E-state index contributed by atoms with van der Waals surface area (Å²) in [4.78, 5) is 12.9. The van der Waals surface area contributed by atoms with E-state index in [-0.39, 0.29) is 11.9 Å². The molecule has 0 saturated heterocycles.